The molecule has 5 heteroatoms. The molecule has 1 aliphatic heterocycles. The van der Waals surface area contributed by atoms with Crippen LogP contribution in [0.2, 0.25) is 0 Å². The average molecular weight is 297 g/mol. The maximum atomic E-state index is 12.9. The molecule has 0 amide bonds. The van der Waals surface area contributed by atoms with Crippen LogP contribution in [-0.2, 0) is 10.0 Å². The van der Waals surface area contributed by atoms with Gasteiger partial charge in [-0.25, -0.2) is 8.42 Å². The van der Waals surface area contributed by atoms with E-state index >= 15 is 0 Å². The number of aliphatic hydroxyl groups is 1. The first-order valence-corrected chi connectivity index (χ1v) is 8.55. The first kappa shape index (κ1) is 15.5. The van der Waals surface area contributed by atoms with Crippen LogP contribution >= 0.6 is 0 Å². The Bertz CT molecular complexity index is 581. The highest BCUT2D eigenvalue weighted by Gasteiger charge is 2.36. The molecule has 0 aliphatic carbocycles. The Hall–Kier alpha value is -0.910. The molecule has 2 unspecified atom stereocenters. The molecule has 112 valence electrons. The van der Waals surface area contributed by atoms with E-state index in [9.17, 15) is 13.5 Å². The lowest BCUT2D eigenvalue weighted by molar-refractivity contribution is 0.0831. The summed E-state index contributed by atoms with van der Waals surface area (Å²) in [7, 11) is -3.54. The Balaban J connectivity index is 2.45. The van der Waals surface area contributed by atoms with E-state index in [1.165, 1.54) is 4.31 Å². The Kier molecular flexibility index (Phi) is 4.52. The van der Waals surface area contributed by atoms with Crippen LogP contribution in [0.3, 0.4) is 0 Å². The smallest absolute Gasteiger partial charge is 0.243 e. The number of piperidine rings is 1. The van der Waals surface area contributed by atoms with Crippen molar-refractivity contribution in [2.45, 2.75) is 57.1 Å². The summed E-state index contributed by atoms with van der Waals surface area (Å²) in [6.45, 7) is 5.86. The Morgan fingerprint density at radius 2 is 2.00 bits per heavy atom. The van der Waals surface area contributed by atoms with E-state index in [1.807, 2.05) is 26.0 Å². The fourth-order valence-corrected chi connectivity index (χ4v) is 4.89. The van der Waals surface area contributed by atoms with Gasteiger partial charge in [-0.15, -0.1) is 0 Å². The van der Waals surface area contributed by atoms with Crippen LogP contribution in [0.4, 0.5) is 0 Å². The number of hydrogen-bond acceptors (Lipinski definition) is 3. The normalized spacial score (nSPS) is 22.7. The van der Waals surface area contributed by atoms with Gasteiger partial charge in [0.05, 0.1) is 17.0 Å². The van der Waals surface area contributed by atoms with Gasteiger partial charge in [0.15, 0.2) is 0 Å². The quantitative estimate of drug-likeness (QED) is 0.930. The van der Waals surface area contributed by atoms with Gasteiger partial charge in [-0.1, -0.05) is 18.6 Å². The van der Waals surface area contributed by atoms with E-state index in [4.69, 9.17) is 0 Å². The minimum Gasteiger partial charge on any atom is -0.392 e. The zero-order valence-electron chi connectivity index (χ0n) is 12.3. The first-order chi connectivity index (χ1) is 9.34. The lowest BCUT2D eigenvalue weighted by atomic mass is 10.0. The fraction of sp³-hybridized carbons (Fsp3) is 0.600. The van der Waals surface area contributed by atoms with E-state index in [-0.39, 0.29) is 6.04 Å². The van der Waals surface area contributed by atoms with Gasteiger partial charge in [0.2, 0.25) is 10.0 Å². The lowest BCUT2D eigenvalue weighted by Gasteiger charge is -2.36. The van der Waals surface area contributed by atoms with Gasteiger partial charge in [-0.05, 0) is 50.8 Å². The molecule has 1 fully saturated rings. The second-order valence-corrected chi connectivity index (χ2v) is 7.55. The summed E-state index contributed by atoms with van der Waals surface area (Å²) in [5.41, 5.74) is 1.69. The first-order valence-electron chi connectivity index (χ1n) is 7.11. The van der Waals surface area contributed by atoms with Gasteiger partial charge in [0.25, 0.3) is 0 Å². The Labute approximate surface area is 121 Å². The maximum absolute atomic E-state index is 12.9. The zero-order valence-corrected chi connectivity index (χ0v) is 13.2. The SMILES string of the molecule is Cc1ccc(C)c(S(=O)(=O)N2CCCCC2C(C)O)c1. The van der Waals surface area contributed by atoms with Crippen LogP contribution in [0.15, 0.2) is 23.1 Å². The van der Waals surface area contributed by atoms with Gasteiger partial charge < -0.3 is 5.11 Å². The van der Waals surface area contributed by atoms with Crippen LogP contribution < -0.4 is 0 Å². The van der Waals surface area contributed by atoms with Gasteiger partial charge in [-0.3, -0.25) is 0 Å². The lowest BCUT2D eigenvalue weighted by Crippen LogP contribution is -2.48. The highest BCUT2D eigenvalue weighted by atomic mass is 32.2. The van der Waals surface area contributed by atoms with Crippen molar-refractivity contribution in [1.29, 1.82) is 0 Å². The topological polar surface area (TPSA) is 57.6 Å². The Morgan fingerprint density at radius 1 is 1.30 bits per heavy atom. The standard InChI is InChI=1S/C15H23NO3S/c1-11-7-8-12(2)15(10-11)20(18,19)16-9-5-4-6-14(16)13(3)17/h7-8,10,13-14,17H,4-6,9H2,1-3H3. The molecule has 1 aromatic rings. The molecule has 0 aromatic heterocycles. The molecular formula is C15H23NO3S. The van der Waals surface area contributed by atoms with E-state index < -0.39 is 16.1 Å². The second-order valence-electron chi connectivity index (χ2n) is 5.69. The molecule has 0 bridgehead atoms. The van der Waals surface area contributed by atoms with Crippen molar-refractivity contribution in [3.05, 3.63) is 29.3 Å². The summed E-state index contributed by atoms with van der Waals surface area (Å²) in [5, 5.41) is 9.88. The average Bonchev–Trinajstić information content (AvgIpc) is 2.41. The number of aryl methyl sites for hydroxylation is 2. The molecule has 1 saturated heterocycles. The largest absolute Gasteiger partial charge is 0.392 e. The van der Waals surface area contributed by atoms with Crippen LogP contribution in [0.1, 0.15) is 37.3 Å². The molecule has 1 heterocycles. The summed E-state index contributed by atoms with van der Waals surface area (Å²) < 4.78 is 27.3. The summed E-state index contributed by atoms with van der Waals surface area (Å²) in [6, 6.07) is 5.16. The fourth-order valence-electron chi connectivity index (χ4n) is 2.82. The van der Waals surface area contributed by atoms with E-state index in [2.05, 4.69) is 0 Å². The third-order valence-corrected chi connectivity index (χ3v) is 6.05. The summed E-state index contributed by atoms with van der Waals surface area (Å²) in [6.07, 6.45) is 1.90. The monoisotopic (exact) mass is 297 g/mol. The Morgan fingerprint density at radius 3 is 2.65 bits per heavy atom. The number of benzene rings is 1. The van der Waals surface area contributed by atoms with Gasteiger partial charge in [-0.2, -0.15) is 4.31 Å². The third-order valence-electron chi connectivity index (χ3n) is 3.99. The molecule has 0 radical (unpaired) electrons. The van der Waals surface area contributed by atoms with Crippen molar-refractivity contribution in [3.63, 3.8) is 0 Å². The van der Waals surface area contributed by atoms with Crippen molar-refractivity contribution in [1.82, 2.24) is 4.31 Å². The van der Waals surface area contributed by atoms with Crippen LogP contribution in [0, 0.1) is 13.8 Å². The minimum atomic E-state index is -3.54. The summed E-state index contributed by atoms with van der Waals surface area (Å²) in [5.74, 6) is 0. The molecule has 0 spiro atoms. The van der Waals surface area contributed by atoms with Crippen molar-refractivity contribution in [3.8, 4) is 0 Å². The van der Waals surface area contributed by atoms with Crippen molar-refractivity contribution in [2.75, 3.05) is 6.54 Å². The molecule has 0 saturated carbocycles. The second kappa shape index (κ2) is 5.84. The summed E-state index contributed by atoms with van der Waals surface area (Å²) >= 11 is 0. The van der Waals surface area contributed by atoms with Crippen molar-refractivity contribution >= 4 is 10.0 Å². The molecule has 20 heavy (non-hydrogen) atoms. The number of rotatable bonds is 3. The highest BCUT2D eigenvalue weighted by Crippen LogP contribution is 2.29. The maximum Gasteiger partial charge on any atom is 0.243 e. The van der Waals surface area contributed by atoms with Crippen LogP contribution in [-0.4, -0.2) is 36.5 Å². The molecule has 2 atom stereocenters. The van der Waals surface area contributed by atoms with E-state index in [1.54, 1.807) is 13.0 Å². The van der Waals surface area contributed by atoms with Crippen molar-refractivity contribution < 1.29 is 13.5 Å². The number of aliphatic hydroxyl groups excluding tert-OH is 1. The van der Waals surface area contributed by atoms with Crippen LogP contribution in [0.25, 0.3) is 0 Å². The van der Waals surface area contributed by atoms with Crippen LogP contribution in [0.5, 0.6) is 0 Å². The summed E-state index contributed by atoms with van der Waals surface area (Å²) in [4.78, 5) is 0.366. The third kappa shape index (κ3) is 2.90. The predicted molar refractivity (Wildman–Crippen MR) is 79.1 cm³/mol. The highest BCUT2D eigenvalue weighted by molar-refractivity contribution is 7.89. The molecule has 2 rings (SSSR count). The van der Waals surface area contributed by atoms with E-state index in [0.29, 0.717) is 11.4 Å². The molecule has 1 aliphatic rings. The molecular weight excluding hydrogens is 274 g/mol. The van der Waals surface area contributed by atoms with Crippen molar-refractivity contribution in [2.24, 2.45) is 0 Å². The van der Waals surface area contributed by atoms with Gasteiger partial charge >= 0.3 is 0 Å². The number of sulfonamides is 1. The van der Waals surface area contributed by atoms with Gasteiger partial charge in [0, 0.05) is 6.54 Å². The van der Waals surface area contributed by atoms with E-state index in [0.717, 1.165) is 30.4 Å². The van der Waals surface area contributed by atoms with Gasteiger partial charge in [0.1, 0.15) is 0 Å². The molecule has 4 nitrogen and oxygen atoms in total. The molecule has 1 N–H and O–H groups in total. The number of hydrogen-bond donors (Lipinski definition) is 1. The number of nitrogens with zero attached hydrogens (tertiary/aromatic N) is 1. The molecule has 1 aromatic carbocycles. The predicted octanol–water partition coefficient (Wildman–Crippen LogP) is 2.23. The zero-order chi connectivity index (χ0) is 14.9. The minimum absolute atomic E-state index is 0.311.